The van der Waals surface area contributed by atoms with Crippen LogP contribution < -0.4 is 5.32 Å². The van der Waals surface area contributed by atoms with Crippen molar-refractivity contribution in [3.8, 4) is 5.95 Å². The lowest BCUT2D eigenvalue weighted by molar-refractivity contribution is 0.0976. The monoisotopic (exact) mass is 479 g/mol. The minimum Gasteiger partial charge on any atom is -0.376 e. The number of hydrogen-bond donors (Lipinski definition) is 1. The maximum absolute atomic E-state index is 12.9. The Hall–Kier alpha value is -2.97. The molecule has 1 amide bonds. The van der Waals surface area contributed by atoms with Crippen molar-refractivity contribution in [2.45, 2.75) is 32.4 Å². The van der Waals surface area contributed by atoms with Crippen molar-refractivity contribution in [2.75, 3.05) is 11.9 Å². The molecular weight excluding hydrogens is 458 g/mol. The lowest BCUT2D eigenvalue weighted by atomic mass is 10.2. The van der Waals surface area contributed by atoms with Crippen LogP contribution in [-0.4, -0.2) is 37.9 Å². The summed E-state index contributed by atoms with van der Waals surface area (Å²) in [6.45, 7) is 3.38. The van der Waals surface area contributed by atoms with Crippen LogP contribution in [-0.2, 0) is 11.3 Å². The van der Waals surface area contributed by atoms with Crippen molar-refractivity contribution in [3.05, 3.63) is 70.3 Å². The highest BCUT2D eigenvalue weighted by Crippen LogP contribution is 2.25. The molecule has 1 N–H and O–H groups in total. The molecule has 2 aromatic heterocycles. The number of nitrogens with one attached hydrogen (secondary N) is 1. The number of carbonyl (C=O) groups is 1. The number of halogens is 1. The molecule has 31 heavy (non-hydrogen) atoms. The van der Waals surface area contributed by atoms with Gasteiger partial charge in [-0.2, -0.15) is 9.78 Å². The van der Waals surface area contributed by atoms with Crippen LogP contribution in [0.4, 0.5) is 5.82 Å². The van der Waals surface area contributed by atoms with Crippen LogP contribution >= 0.6 is 15.9 Å². The number of benzene rings is 2. The Kier molecular flexibility index (Phi) is 5.33. The number of imidazole rings is 1. The first-order valence-electron chi connectivity index (χ1n) is 10.3. The van der Waals surface area contributed by atoms with Gasteiger partial charge in [0.15, 0.2) is 0 Å². The second-order valence-corrected chi connectivity index (χ2v) is 8.61. The second kappa shape index (κ2) is 8.28. The predicted molar refractivity (Wildman–Crippen MR) is 123 cm³/mol. The Morgan fingerprint density at radius 2 is 2.10 bits per heavy atom. The van der Waals surface area contributed by atoms with Gasteiger partial charge >= 0.3 is 0 Å². The zero-order valence-electron chi connectivity index (χ0n) is 17.1. The predicted octanol–water partition coefficient (Wildman–Crippen LogP) is 4.72. The fourth-order valence-corrected chi connectivity index (χ4v) is 4.35. The van der Waals surface area contributed by atoms with Crippen LogP contribution in [0.2, 0.25) is 0 Å². The third kappa shape index (κ3) is 4.00. The van der Waals surface area contributed by atoms with E-state index in [-0.39, 0.29) is 12.0 Å². The average molecular weight is 480 g/mol. The number of fused-ring (bicyclic) bond motifs is 1. The van der Waals surface area contributed by atoms with E-state index in [1.54, 1.807) is 16.8 Å². The molecule has 0 bridgehead atoms. The van der Waals surface area contributed by atoms with Crippen LogP contribution in [0.1, 0.15) is 28.9 Å². The Bertz CT molecular complexity index is 1260. The third-order valence-corrected chi connectivity index (χ3v) is 5.89. The van der Waals surface area contributed by atoms with Crippen molar-refractivity contribution >= 4 is 38.7 Å². The summed E-state index contributed by atoms with van der Waals surface area (Å²) in [4.78, 5) is 17.7. The number of hydrogen-bond acceptors (Lipinski definition) is 4. The number of amides is 1. The van der Waals surface area contributed by atoms with Crippen LogP contribution in [0.25, 0.3) is 17.0 Å². The minimum atomic E-state index is -0.204. The van der Waals surface area contributed by atoms with Crippen molar-refractivity contribution in [2.24, 2.45) is 0 Å². The number of anilines is 1. The molecule has 1 saturated heterocycles. The van der Waals surface area contributed by atoms with E-state index in [9.17, 15) is 4.79 Å². The maximum Gasteiger partial charge on any atom is 0.256 e. The first-order chi connectivity index (χ1) is 15.1. The van der Waals surface area contributed by atoms with Gasteiger partial charge in [0.2, 0.25) is 5.95 Å². The van der Waals surface area contributed by atoms with Crippen LogP contribution in [0.15, 0.2) is 59.1 Å². The molecule has 1 aliphatic heterocycles. The SMILES string of the molecule is Cc1cc(NC(=O)c2cccc(Br)c2)n(-c2nc3ccccc3n2CC2CCCO2)n1. The molecule has 4 aromatic rings. The molecule has 1 atom stereocenters. The third-order valence-electron chi connectivity index (χ3n) is 5.39. The number of aryl methyl sites for hydroxylation is 1. The summed E-state index contributed by atoms with van der Waals surface area (Å²) in [5.74, 6) is 1.03. The first kappa shape index (κ1) is 20.0. The van der Waals surface area contributed by atoms with Gasteiger partial charge in [0.1, 0.15) is 5.82 Å². The van der Waals surface area contributed by atoms with Gasteiger partial charge in [-0.05, 0) is 50.1 Å². The summed E-state index contributed by atoms with van der Waals surface area (Å²) in [5.41, 5.74) is 3.26. The van der Waals surface area contributed by atoms with E-state index in [2.05, 4.69) is 37.0 Å². The number of nitrogens with zero attached hydrogens (tertiary/aromatic N) is 4. The largest absolute Gasteiger partial charge is 0.376 e. The normalized spacial score (nSPS) is 16.1. The molecule has 2 aromatic carbocycles. The molecule has 1 aliphatic rings. The highest BCUT2D eigenvalue weighted by atomic mass is 79.9. The molecule has 0 radical (unpaired) electrons. The molecule has 1 fully saturated rings. The van der Waals surface area contributed by atoms with Gasteiger partial charge in [-0.25, -0.2) is 4.98 Å². The van der Waals surface area contributed by atoms with E-state index in [1.807, 2.05) is 43.3 Å². The Morgan fingerprint density at radius 3 is 2.90 bits per heavy atom. The van der Waals surface area contributed by atoms with E-state index >= 15 is 0 Å². The van der Waals surface area contributed by atoms with E-state index in [0.29, 0.717) is 23.9 Å². The molecule has 5 rings (SSSR count). The molecule has 0 saturated carbocycles. The lowest BCUT2D eigenvalue weighted by Gasteiger charge is -2.15. The van der Waals surface area contributed by atoms with Gasteiger partial charge in [-0.15, -0.1) is 0 Å². The maximum atomic E-state index is 12.9. The minimum absolute atomic E-state index is 0.146. The smallest absolute Gasteiger partial charge is 0.256 e. The van der Waals surface area contributed by atoms with E-state index in [0.717, 1.165) is 40.6 Å². The molecule has 1 unspecified atom stereocenters. The standard InChI is InChI=1S/C23H22BrN5O2/c1-15-12-21(26-22(30)16-6-4-7-17(24)13-16)29(27-15)23-25-19-9-2-3-10-20(19)28(23)14-18-8-5-11-31-18/h2-4,6-7,9-10,12-13,18H,5,8,11,14H2,1H3,(H,26,30). The van der Waals surface area contributed by atoms with Gasteiger partial charge in [0, 0.05) is 22.7 Å². The molecule has 0 spiro atoms. The van der Waals surface area contributed by atoms with Crippen molar-refractivity contribution in [1.29, 1.82) is 0 Å². The van der Waals surface area contributed by atoms with Crippen molar-refractivity contribution in [1.82, 2.24) is 19.3 Å². The zero-order valence-corrected chi connectivity index (χ0v) is 18.7. The number of aromatic nitrogens is 4. The fraction of sp³-hybridized carbons (Fsp3) is 0.261. The Morgan fingerprint density at radius 1 is 1.23 bits per heavy atom. The van der Waals surface area contributed by atoms with E-state index in [4.69, 9.17) is 9.72 Å². The summed E-state index contributed by atoms with van der Waals surface area (Å²) in [6, 6.07) is 17.2. The van der Waals surface area contributed by atoms with E-state index < -0.39 is 0 Å². The summed E-state index contributed by atoms with van der Waals surface area (Å²) in [5, 5.41) is 7.64. The summed E-state index contributed by atoms with van der Waals surface area (Å²) in [6.07, 6.45) is 2.24. The number of rotatable bonds is 5. The number of carbonyl (C=O) groups excluding carboxylic acids is 1. The molecule has 3 heterocycles. The van der Waals surface area contributed by atoms with E-state index in [1.165, 1.54) is 0 Å². The summed E-state index contributed by atoms with van der Waals surface area (Å²) < 4.78 is 10.6. The molecule has 8 heteroatoms. The topological polar surface area (TPSA) is 74.0 Å². The highest BCUT2D eigenvalue weighted by molar-refractivity contribution is 9.10. The van der Waals surface area contributed by atoms with Crippen molar-refractivity contribution < 1.29 is 9.53 Å². The van der Waals surface area contributed by atoms with Gasteiger partial charge in [0.25, 0.3) is 5.91 Å². The molecule has 0 aliphatic carbocycles. The second-order valence-electron chi connectivity index (χ2n) is 7.69. The van der Waals surface area contributed by atoms with Crippen molar-refractivity contribution in [3.63, 3.8) is 0 Å². The lowest BCUT2D eigenvalue weighted by Crippen LogP contribution is -2.20. The quantitative estimate of drug-likeness (QED) is 0.449. The molecule has 7 nitrogen and oxygen atoms in total. The molecule has 158 valence electrons. The van der Waals surface area contributed by atoms with Crippen LogP contribution in [0.3, 0.4) is 0 Å². The summed E-state index contributed by atoms with van der Waals surface area (Å²) in [7, 11) is 0. The Labute approximate surface area is 188 Å². The zero-order chi connectivity index (χ0) is 21.4. The van der Waals surface area contributed by atoms with Crippen LogP contribution in [0.5, 0.6) is 0 Å². The van der Waals surface area contributed by atoms with Gasteiger partial charge in [-0.3, -0.25) is 4.79 Å². The van der Waals surface area contributed by atoms with Gasteiger partial charge < -0.3 is 14.6 Å². The number of para-hydroxylation sites is 2. The van der Waals surface area contributed by atoms with Gasteiger partial charge in [0.05, 0.1) is 29.4 Å². The molecular formula is C23H22BrN5O2. The Balaban J connectivity index is 1.55. The van der Waals surface area contributed by atoms with Crippen LogP contribution in [0, 0.1) is 6.92 Å². The number of ether oxygens (including phenoxy) is 1. The fourth-order valence-electron chi connectivity index (χ4n) is 3.96. The highest BCUT2D eigenvalue weighted by Gasteiger charge is 2.23. The first-order valence-corrected chi connectivity index (χ1v) is 11.1. The van der Waals surface area contributed by atoms with Gasteiger partial charge in [-0.1, -0.05) is 34.1 Å². The summed E-state index contributed by atoms with van der Waals surface area (Å²) >= 11 is 3.42. The average Bonchev–Trinajstić information content (AvgIpc) is 3.48.